The van der Waals surface area contributed by atoms with Crippen molar-refractivity contribution in [3.8, 4) is 0 Å². The Morgan fingerprint density at radius 3 is 2.64 bits per heavy atom. The molecule has 1 aliphatic rings. The van der Waals surface area contributed by atoms with Gasteiger partial charge in [0.1, 0.15) is 17.8 Å². The molecule has 3 aromatic heterocycles. The Balaban J connectivity index is 0.000000176. The van der Waals surface area contributed by atoms with Crippen LogP contribution in [0.25, 0.3) is 11.2 Å². The lowest BCUT2D eigenvalue weighted by Crippen LogP contribution is -2.33. The number of rotatable bonds is 2. The summed E-state index contributed by atoms with van der Waals surface area (Å²) in [5.74, 6) is 0. The van der Waals surface area contributed by atoms with Crippen molar-refractivity contribution in [2.75, 3.05) is 6.61 Å². The number of aliphatic hydroxyl groups is 2. The Kier molecular flexibility index (Phi) is 5.39. The minimum atomic E-state index is -0.816. The van der Waals surface area contributed by atoms with Crippen molar-refractivity contribution < 1.29 is 14.9 Å². The van der Waals surface area contributed by atoms with Gasteiger partial charge in [-0.15, -0.1) is 0 Å². The van der Waals surface area contributed by atoms with Gasteiger partial charge in [-0.2, -0.15) is 0 Å². The summed E-state index contributed by atoms with van der Waals surface area (Å²) in [7, 11) is 0. The number of hydrogen-bond acceptors (Lipinski definition) is 8. The van der Waals surface area contributed by atoms with E-state index in [1.54, 1.807) is 6.92 Å². The van der Waals surface area contributed by atoms with Crippen LogP contribution in [0.3, 0.4) is 0 Å². The van der Waals surface area contributed by atoms with Gasteiger partial charge in [-0.25, -0.2) is 14.6 Å². The van der Waals surface area contributed by atoms with Gasteiger partial charge in [0.15, 0.2) is 5.65 Å². The zero-order valence-electron chi connectivity index (χ0n) is 14.6. The van der Waals surface area contributed by atoms with Crippen molar-refractivity contribution in [3.63, 3.8) is 0 Å². The summed E-state index contributed by atoms with van der Waals surface area (Å²) in [4.78, 5) is 57.2. The standard InChI is InChI=1S/C10H14N2O5.C5H4N4O2/c1-5-3-12(10(16)11-9(5)15)8-2-6(14)7(4-13)17-8;10-4-2-3(7-1-6-2)8-5(11)9-4/h3,6-8,13-14H,2,4H2,1H3,(H,11,15,16);1H,(H3,6,7,8,9,10,11)/t6-,7+,8+;/m0./s1. The smallest absolute Gasteiger partial charge is 0.330 e. The predicted octanol–water partition coefficient (Wildman–Crippen LogP) is -2.57. The Bertz CT molecular complexity index is 1200. The number of fused-ring (bicyclic) bond motifs is 1. The molecule has 28 heavy (non-hydrogen) atoms. The molecule has 1 saturated heterocycles. The van der Waals surface area contributed by atoms with Gasteiger partial charge in [0.05, 0.1) is 19.0 Å². The molecule has 13 heteroatoms. The number of aliphatic hydroxyl groups excluding tert-OH is 2. The number of aromatic amines is 4. The first-order chi connectivity index (χ1) is 13.3. The van der Waals surface area contributed by atoms with Gasteiger partial charge >= 0.3 is 11.4 Å². The van der Waals surface area contributed by atoms with Gasteiger partial charge in [-0.3, -0.25) is 29.1 Å². The quantitative estimate of drug-likeness (QED) is 0.272. The monoisotopic (exact) mass is 394 g/mol. The first kappa shape index (κ1) is 19.5. The molecule has 0 saturated carbocycles. The summed E-state index contributed by atoms with van der Waals surface area (Å²) in [5.41, 5.74) is -1.09. The molecule has 4 heterocycles. The van der Waals surface area contributed by atoms with Crippen LogP contribution in [0.1, 0.15) is 18.2 Å². The van der Waals surface area contributed by atoms with Crippen LogP contribution in [0.15, 0.2) is 31.7 Å². The molecule has 0 amide bonds. The largest absolute Gasteiger partial charge is 0.394 e. The number of imidazole rings is 1. The maximum absolute atomic E-state index is 11.6. The van der Waals surface area contributed by atoms with Crippen molar-refractivity contribution in [2.24, 2.45) is 0 Å². The van der Waals surface area contributed by atoms with Crippen LogP contribution < -0.4 is 22.5 Å². The highest BCUT2D eigenvalue weighted by atomic mass is 16.5. The summed E-state index contributed by atoms with van der Waals surface area (Å²) < 4.78 is 6.54. The second kappa shape index (κ2) is 7.75. The maximum Gasteiger partial charge on any atom is 0.330 e. The van der Waals surface area contributed by atoms with E-state index in [4.69, 9.17) is 9.84 Å². The number of H-pyrrole nitrogens is 4. The van der Waals surface area contributed by atoms with Crippen molar-refractivity contribution in [1.29, 1.82) is 0 Å². The van der Waals surface area contributed by atoms with Gasteiger partial charge < -0.3 is 19.9 Å². The van der Waals surface area contributed by atoms with Gasteiger partial charge in [-0.1, -0.05) is 0 Å². The molecule has 6 N–H and O–H groups in total. The van der Waals surface area contributed by atoms with Crippen LogP contribution in [0.5, 0.6) is 0 Å². The molecule has 1 aliphatic heterocycles. The van der Waals surface area contributed by atoms with Crippen LogP contribution in [0, 0.1) is 6.92 Å². The molecule has 0 spiro atoms. The number of aromatic nitrogens is 6. The zero-order chi connectivity index (χ0) is 20.4. The van der Waals surface area contributed by atoms with E-state index in [1.807, 2.05) is 0 Å². The Morgan fingerprint density at radius 1 is 1.21 bits per heavy atom. The molecule has 3 atom stereocenters. The van der Waals surface area contributed by atoms with Crippen molar-refractivity contribution in [2.45, 2.75) is 31.8 Å². The van der Waals surface area contributed by atoms with E-state index in [2.05, 4.69) is 24.9 Å². The number of aryl methyl sites for hydroxylation is 1. The lowest BCUT2D eigenvalue weighted by atomic mass is 10.2. The van der Waals surface area contributed by atoms with Gasteiger partial charge in [-0.05, 0) is 6.92 Å². The highest BCUT2D eigenvalue weighted by Crippen LogP contribution is 2.27. The van der Waals surface area contributed by atoms with Crippen LogP contribution in [-0.4, -0.2) is 58.5 Å². The third-order valence-electron chi connectivity index (χ3n) is 4.17. The zero-order valence-corrected chi connectivity index (χ0v) is 14.6. The van der Waals surface area contributed by atoms with Gasteiger partial charge in [0.25, 0.3) is 11.1 Å². The van der Waals surface area contributed by atoms with Gasteiger partial charge in [0, 0.05) is 18.2 Å². The third-order valence-corrected chi connectivity index (χ3v) is 4.17. The number of hydrogen-bond donors (Lipinski definition) is 6. The fourth-order valence-corrected chi connectivity index (χ4v) is 2.72. The topological polar surface area (TPSA) is 199 Å². The number of nitrogens with zero attached hydrogens (tertiary/aromatic N) is 2. The molecule has 0 bridgehead atoms. The minimum absolute atomic E-state index is 0.205. The van der Waals surface area contributed by atoms with E-state index in [-0.39, 0.29) is 24.2 Å². The average molecular weight is 394 g/mol. The molecule has 1 fully saturated rings. The Labute approximate surface area is 154 Å². The SMILES string of the molecule is Cc1cn([C@H]2C[C@H](O)[C@@H](CO)O2)c(=O)[nH]c1=O.O=c1[nH]c(=O)c2[nH]cnc2[nH]1. The second-order valence-electron chi connectivity index (χ2n) is 6.13. The fraction of sp³-hybridized carbons (Fsp3) is 0.400. The molecular formula is C15H18N6O7. The van der Waals surface area contributed by atoms with Crippen LogP contribution >= 0.6 is 0 Å². The van der Waals surface area contributed by atoms with Gasteiger partial charge in [0.2, 0.25) is 0 Å². The first-order valence-corrected chi connectivity index (χ1v) is 8.22. The highest BCUT2D eigenvalue weighted by molar-refractivity contribution is 5.67. The maximum atomic E-state index is 11.6. The van der Waals surface area contributed by atoms with Crippen LogP contribution in [0.4, 0.5) is 0 Å². The van der Waals surface area contributed by atoms with Crippen molar-refractivity contribution >= 4 is 11.2 Å². The summed E-state index contributed by atoms with van der Waals surface area (Å²) in [6, 6.07) is 0. The number of ether oxygens (including phenoxy) is 1. The van der Waals surface area contributed by atoms with Crippen LogP contribution in [-0.2, 0) is 4.74 Å². The lowest BCUT2D eigenvalue weighted by molar-refractivity contribution is -0.0459. The Hall–Kier alpha value is -3.29. The minimum Gasteiger partial charge on any atom is -0.394 e. The van der Waals surface area contributed by atoms with E-state index in [0.717, 1.165) is 0 Å². The van der Waals surface area contributed by atoms with Crippen molar-refractivity contribution in [3.05, 3.63) is 59.8 Å². The lowest BCUT2D eigenvalue weighted by Gasteiger charge is -2.14. The molecule has 0 aromatic carbocycles. The van der Waals surface area contributed by atoms with E-state index in [0.29, 0.717) is 5.56 Å². The molecule has 0 radical (unpaired) electrons. The number of nitrogens with one attached hydrogen (secondary N) is 4. The summed E-state index contributed by atoms with van der Waals surface area (Å²) >= 11 is 0. The van der Waals surface area contributed by atoms with E-state index >= 15 is 0 Å². The summed E-state index contributed by atoms with van der Waals surface area (Å²) in [6.45, 7) is 1.26. The molecule has 4 rings (SSSR count). The fourth-order valence-electron chi connectivity index (χ4n) is 2.72. The Morgan fingerprint density at radius 2 is 1.96 bits per heavy atom. The average Bonchev–Trinajstić information content (AvgIpc) is 3.25. The summed E-state index contributed by atoms with van der Waals surface area (Å²) in [6.07, 6.45) is 0.763. The van der Waals surface area contributed by atoms with E-state index in [9.17, 15) is 24.3 Å². The van der Waals surface area contributed by atoms with E-state index in [1.165, 1.54) is 17.1 Å². The van der Waals surface area contributed by atoms with Crippen LogP contribution in [0.2, 0.25) is 0 Å². The third kappa shape index (κ3) is 3.85. The second-order valence-corrected chi connectivity index (χ2v) is 6.13. The molecule has 3 aromatic rings. The predicted molar refractivity (Wildman–Crippen MR) is 95.0 cm³/mol. The van der Waals surface area contributed by atoms with Crippen molar-refractivity contribution in [1.82, 2.24) is 29.5 Å². The first-order valence-electron chi connectivity index (χ1n) is 8.22. The summed E-state index contributed by atoms with van der Waals surface area (Å²) in [5, 5.41) is 18.5. The molecule has 150 valence electrons. The highest BCUT2D eigenvalue weighted by Gasteiger charge is 2.34. The molecule has 13 nitrogen and oxygen atoms in total. The molecular weight excluding hydrogens is 376 g/mol. The molecule has 0 unspecified atom stereocenters. The van der Waals surface area contributed by atoms with E-state index < -0.39 is 40.9 Å². The normalized spacial score (nSPS) is 21.5. The molecule has 0 aliphatic carbocycles.